The van der Waals surface area contributed by atoms with Gasteiger partial charge in [-0.3, -0.25) is 9.98 Å². The van der Waals surface area contributed by atoms with Crippen molar-refractivity contribution < 1.29 is 4.39 Å². The number of fused-ring (bicyclic) bond motifs is 1. The fourth-order valence-corrected chi connectivity index (χ4v) is 3.84. The van der Waals surface area contributed by atoms with Crippen molar-refractivity contribution in [2.45, 2.75) is 25.4 Å². The summed E-state index contributed by atoms with van der Waals surface area (Å²) in [7, 11) is 2.10. The SMILES string of the molecule is CN1CCC(N2C(N)=NCc3ncn(-c4ccc(F)c(Cl)c4)c(=N)c32)CC1. The van der Waals surface area contributed by atoms with Crippen LogP contribution >= 0.6 is 11.6 Å². The van der Waals surface area contributed by atoms with Gasteiger partial charge in [0.25, 0.3) is 0 Å². The lowest BCUT2D eigenvalue weighted by molar-refractivity contribution is 0.256. The van der Waals surface area contributed by atoms with Gasteiger partial charge in [-0.2, -0.15) is 0 Å². The molecule has 7 nitrogen and oxygen atoms in total. The number of aromatic nitrogens is 2. The van der Waals surface area contributed by atoms with Crippen LogP contribution in [0.15, 0.2) is 29.5 Å². The van der Waals surface area contributed by atoms with Crippen LogP contribution in [0.25, 0.3) is 5.69 Å². The standard InChI is InChI=1S/C18H21ClFN7/c1-25-6-4-11(5-7-25)27-16-15(9-23-18(27)22)24-10-26(17(16)21)12-2-3-14(20)13(19)8-12/h2-3,8,10-11,21H,4-7,9H2,1H3,(H2,22,23). The lowest BCUT2D eigenvalue weighted by Crippen LogP contribution is -2.53. The molecule has 1 aromatic carbocycles. The molecule has 4 rings (SSSR count). The van der Waals surface area contributed by atoms with Crippen molar-refractivity contribution in [1.29, 1.82) is 5.41 Å². The van der Waals surface area contributed by atoms with E-state index in [1.165, 1.54) is 12.1 Å². The number of halogens is 2. The summed E-state index contributed by atoms with van der Waals surface area (Å²) in [5.41, 5.74) is 8.43. The van der Waals surface area contributed by atoms with E-state index < -0.39 is 5.82 Å². The number of nitrogens with zero attached hydrogens (tertiary/aromatic N) is 5. The van der Waals surface area contributed by atoms with E-state index in [0.29, 0.717) is 23.9 Å². The maximum absolute atomic E-state index is 13.5. The van der Waals surface area contributed by atoms with Crippen LogP contribution in [0.2, 0.25) is 5.02 Å². The molecule has 0 radical (unpaired) electrons. The van der Waals surface area contributed by atoms with E-state index in [-0.39, 0.29) is 16.6 Å². The minimum Gasteiger partial charge on any atom is -0.369 e. The van der Waals surface area contributed by atoms with Gasteiger partial charge in [0.05, 0.1) is 22.9 Å². The number of anilines is 1. The van der Waals surface area contributed by atoms with Crippen LogP contribution in [0.5, 0.6) is 0 Å². The first-order valence-electron chi connectivity index (χ1n) is 8.84. The van der Waals surface area contributed by atoms with Crippen LogP contribution in [0.1, 0.15) is 18.5 Å². The summed E-state index contributed by atoms with van der Waals surface area (Å²) in [5.74, 6) is -0.0787. The Morgan fingerprint density at radius 2 is 2.04 bits per heavy atom. The number of hydrogen-bond acceptors (Lipinski definition) is 6. The summed E-state index contributed by atoms with van der Waals surface area (Å²) in [6.45, 7) is 2.27. The molecule has 0 bridgehead atoms. The molecule has 27 heavy (non-hydrogen) atoms. The third-order valence-electron chi connectivity index (χ3n) is 5.18. The van der Waals surface area contributed by atoms with Gasteiger partial charge in [-0.05, 0) is 51.2 Å². The molecule has 9 heteroatoms. The van der Waals surface area contributed by atoms with Crippen molar-refractivity contribution >= 4 is 23.2 Å². The summed E-state index contributed by atoms with van der Waals surface area (Å²) in [4.78, 5) is 13.1. The molecule has 0 aliphatic carbocycles. The number of rotatable bonds is 2. The summed E-state index contributed by atoms with van der Waals surface area (Å²) in [6, 6.07) is 4.52. The number of nitrogens with one attached hydrogen (secondary N) is 1. The Morgan fingerprint density at radius 3 is 2.74 bits per heavy atom. The van der Waals surface area contributed by atoms with E-state index in [4.69, 9.17) is 22.7 Å². The molecule has 0 amide bonds. The molecule has 1 fully saturated rings. The minimum absolute atomic E-state index is 0.00497. The first-order chi connectivity index (χ1) is 13.0. The maximum atomic E-state index is 13.5. The van der Waals surface area contributed by atoms with Crippen LogP contribution in [-0.4, -0.2) is 46.6 Å². The van der Waals surface area contributed by atoms with Crippen LogP contribution in [0.3, 0.4) is 0 Å². The Hall–Kier alpha value is -2.45. The van der Waals surface area contributed by atoms with Gasteiger partial charge in [0.1, 0.15) is 17.8 Å². The second-order valence-electron chi connectivity index (χ2n) is 6.94. The summed E-state index contributed by atoms with van der Waals surface area (Å²) >= 11 is 5.92. The van der Waals surface area contributed by atoms with Gasteiger partial charge >= 0.3 is 0 Å². The normalized spacial score (nSPS) is 18.3. The van der Waals surface area contributed by atoms with E-state index in [9.17, 15) is 4.39 Å². The first kappa shape index (κ1) is 17.9. The van der Waals surface area contributed by atoms with Gasteiger partial charge in [0, 0.05) is 6.04 Å². The van der Waals surface area contributed by atoms with Gasteiger partial charge in [-0.25, -0.2) is 14.4 Å². The summed E-state index contributed by atoms with van der Waals surface area (Å²) in [5, 5.41) is 8.79. The van der Waals surface area contributed by atoms with Crippen molar-refractivity contribution in [2.24, 2.45) is 10.7 Å². The molecule has 0 unspecified atom stereocenters. The predicted octanol–water partition coefficient (Wildman–Crippen LogP) is 1.87. The molecule has 3 heterocycles. The summed E-state index contributed by atoms with van der Waals surface area (Å²) in [6.07, 6.45) is 3.42. The monoisotopic (exact) mass is 389 g/mol. The zero-order chi connectivity index (χ0) is 19.1. The van der Waals surface area contributed by atoms with Gasteiger partial charge in [-0.15, -0.1) is 0 Å². The zero-order valence-electron chi connectivity index (χ0n) is 15.0. The molecule has 1 aromatic heterocycles. The van der Waals surface area contributed by atoms with Crippen molar-refractivity contribution in [3.8, 4) is 5.69 Å². The van der Waals surface area contributed by atoms with Crippen LogP contribution < -0.4 is 16.1 Å². The molecular formula is C18H21ClFN7. The molecular weight excluding hydrogens is 369 g/mol. The number of aliphatic imine (C=N–C) groups is 1. The van der Waals surface area contributed by atoms with Crippen LogP contribution in [-0.2, 0) is 6.54 Å². The van der Waals surface area contributed by atoms with Gasteiger partial charge in [0.2, 0.25) is 0 Å². The Labute approximate surface area is 161 Å². The Bertz CT molecular complexity index is 963. The van der Waals surface area contributed by atoms with E-state index >= 15 is 0 Å². The number of hydrogen-bond donors (Lipinski definition) is 2. The Morgan fingerprint density at radius 1 is 1.30 bits per heavy atom. The lowest BCUT2D eigenvalue weighted by Gasteiger charge is -2.39. The third kappa shape index (κ3) is 3.19. The molecule has 0 atom stereocenters. The van der Waals surface area contributed by atoms with Crippen molar-refractivity contribution in [3.05, 3.63) is 46.5 Å². The largest absolute Gasteiger partial charge is 0.369 e. The van der Waals surface area contributed by atoms with Gasteiger partial charge < -0.3 is 15.5 Å². The highest BCUT2D eigenvalue weighted by atomic mass is 35.5. The van der Waals surface area contributed by atoms with Crippen LogP contribution in [0, 0.1) is 11.2 Å². The van der Waals surface area contributed by atoms with Gasteiger partial charge in [0.15, 0.2) is 11.4 Å². The zero-order valence-corrected chi connectivity index (χ0v) is 15.7. The number of guanidine groups is 1. The minimum atomic E-state index is -0.497. The predicted molar refractivity (Wildman–Crippen MR) is 103 cm³/mol. The van der Waals surface area contributed by atoms with E-state index in [0.717, 1.165) is 31.6 Å². The quantitative estimate of drug-likeness (QED) is 0.821. The summed E-state index contributed by atoms with van der Waals surface area (Å²) < 4.78 is 15.1. The molecule has 0 spiro atoms. The molecule has 3 N–H and O–H groups in total. The fraction of sp³-hybridized carbons (Fsp3) is 0.389. The highest BCUT2D eigenvalue weighted by Gasteiger charge is 2.31. The Balaban J connectivity index is 1.80. The van der Waals surface area contributed by atoms with E-state index in [1.54, 1.807) is 17.0 Å². The number of benzene rings is 1. The van der Waals surface area contributed by atoms with Crippen molar-refractivity contribution in [3.63, 3.8) is 0 Å². The highest BCUT2D eigenvalue weighted by Crippen LogP contribution is 2.27. The molecule has 2 aliphatic heterocycles. The third-order valence-corrected chi connectivity index (χ3v) is 5.47. The number of piperidine rings is 1. The Kier molecular flexibility index (Phi) is 4.61. The van der Waals surface area contributed by atoms with E-state index in [2.05, 4.69) is 21.9 Å². The fourth-order valence-electron chi connectivity index (χ4n) is 3.67. The van der Waals surface area contributed by atoms with E-state index in [1.807, 2.05) is 4.90 Å². The molecule has 0 saturated carbocycles. The number of nitrogens with two attached hydrogens (primary N) is 1. The average Bonchev–Trinajstić information content (AvgIpc) is 2.66. The highest BCUT2D eigenvalue weighted by molar-refractivity contribution is 6.30. The van der Waals surface area contributed by atoms with Crippen molar-refractivity contribution in [2.75, 3.05) is 25.0 Å². The smallest absolute Gasteiger partial charge is 0.196 e. The second kappa shape index (κ2) is 6.94. The average molecular weight is 390 g/mol. The topological polar surface area (TPSA) is 86.5 Å². The number of likely N-dealkylation sites (tertiary alicyclic amines) is 1. The van der Waals surface area contributed by atoms with Crippen molar-refractivity contribution in [1.82, 2.24) is 14.5 Å². The second-order valence-corrected chi connectivity index (χ2v) is 7.34. The molecule has 2 aromatic rings. The van der Waals surface area contributed by atoms with Crippen LogP contribution in [0.4, 0.5) is 10.1 Å². The molecule has 142 valence electrons. The first-order valence-corrected chi connectivity index (χ1v) is 9.21. The maximum Gasteiger partial charge on any atom is 0.196 e. The lowest BCUT2D eigenvalue weighted by atomic mass is 10.0. The van der Waals surface area contributed by atoms with Gasteiger partial charge in [-0.1, -0.05) is 11.6 Å². The molecule has 1 saturated heterocycles. The molecule has 2 aliphatic rings.